The molecule has 4 aliphatic rings. The van der Waals surface area contributed by atoms with Crippen molar-refractivity contribution < 1.29 is 28.2 Å². The largest absolute Gasteiger partial charge is 0.465 e. The SMILES string of the molecule is CN(CCCN1C=C(OC[C@@]23CCCN2C[C@H](F)C3)Oc2c(F)c(Br)c(Cl)c3c2=C1N(CC#N)CN=3)C(=O)O. The molecular formula is C25H28BrClF2N6O4. The zero-order valence-electron chi connectivity index (χ0n) is 21.3. The van der Waals surface area contributed by atoms with Gasteiger partial charge < -0.3 is 29.3 Å². The van der Waals surface area contributed by atoms with Crippen LogP contribution in [0.15, 0.2) is 21.6 Å². The van der Waals surface area contributed by atoms with Crippen molar-refractivity contribution in [2.45, 2.75) is 37.4 Å². The molecule has 1 N–H and O–H groups in total. The quantitative estimate of drug-likeness (QED) is 0.346. The van der Waals surface area contributed by atoms with E-state index in [1.807, 2.05) is 0 Å². The molecule has 0 unspecified atom stereocenters. The fraction of sp³-hybridized carbons (Fsp3) is 0.560. The number of hydrogen-bond donors (Lipinski definition) is 1. The molecule has 4 heterocycles. The highest BCUT2D eigenvalue weighted by Gasteiger charge is 2.49. The number of alkyl halides is 1. The molecule has 210 valence electrons. The maximum atomic E-state index is 15.7. The number of nitrogens with zero attached hydrogens (tertiary/aromatic N) is 6. The number of halogens is 4. The lowest BCUT2D eigenvalue weighted by atomic mass is 9.95. The van der Waals surface area contributed by atoms with Crippen molar-refractivity contribution in [2.24, 2.45) is 4.99 Å². The molecule has 2 fully saturated rings. The van der Waals surface area contributed by atoms with Gasteiger partial charge in [0.1, 0.15) is 31.8 Å². The highest BCUT2D eigenvalue weighted by Crippen LogP contribution is 2.41. The molecule has 2 atom stereocenters. The maximum absolute atomic E-state index is 15.7. The first-order chi connectivity index (χ1) is 18.6. The minimum absolute atomic E-state index is 0.000692. The first kappa shape index (κ1) is 27.7. The van der Waals surface area contributed by atoms with Crippen LogP contribution in [0.4, 0.5) is 13.6 Å². The van der Waals surface area contributed by atoms with E-state index in [0.29, 0.717) is 37.1 Å². The van der Waals surface area contributed by atoms with Crippen molar-refractivity contribution in [3.63, 3.8) is 0 Å². The normalized spacial score (nSPS) is 23.7. The van der Waals surface area contributed by atoms with E-state index in [-0.39, 0.29) is 52.8 Å². The monoisotopic (exact) mass is 628 g/mol. The summed E-state index contributed by atoms with van der Waals surface area (Å²) in [6.07, 6.45) is 2.07. The third-order valence-corrected chi connectivity index (χ3v) is 8.98. The van der Waals surface area contributed by atoms with E-state index in [4.69, 9.17) is 21.1 Å². The Kier molecular flexibility index (Phi) is 7.81. The van der Waals surface area contributed by atoms with Gasteiger partial charge >= 0.3 is 12.0 Å². The van der Waals surface area contributed by atoms with Gasteiger partial charge in [-0.05, 0) is 41.7 Å². The summed E-state index contributed by atoms with van der Waals surface area (Å²) in [6.45, 7) is 1.90. The maximum Gasteiger partial charge on any atom is 0.407 e. The second-order valence-corrected chi connectivity index (χ2v) is 11.3. The fourth-order valence-electron chi connectivity index (χ4n) is 5.78. The van der Waals surface area contributed by atoms with Crippen LogP contribution in [0, 0.1) is 17.1 Å². The van der Waals surface area contributed by atoms with Crippen molar-refractivity contribution in [2.75, 3.05) is 53.0 Å². The van der Waals surface area contributed by atoms with Crippen LogP contribution < -0.4 is 15.3 Å². The molecule has 0 bridgehead atoms. The van der Waals surface area contributed by atoms with E-state index < -0.39 is 23.6 Å². The summed E-state index contributed by atoms with van der Waals surface area (Å²) in [7, 11) is 1.47. The summed E-state index contributed by atoms with van der Waals surface area (Å²) in [5.74, 6) is -0.460. The van der Waals surface area contributed by atoms with Crippen LogP contribution in [0.2, 0.25) is 5.02 Å². The Labute approximate surface area is 237 Å². The van der Waals surface area contributed by atoms with Crippen LogP contribution in [0.5, 0.6) is 5.75 Å². The molecule has 0 radical (unpaired) electrons. The third-order valence-electron chi connectivity index (χ3n) is 7.64. The van der Waals surface area contributed by atoms with Crippen molar-refractivity contribution in [1.82, 2.24) is 19.6 Å². The summed E-state index contributed by atoms with van der Waals surface area (Å²) < 4.78 is 42.2. The Hall–Kier alpha value is -2.82. The first-order valence-corrected chi connectivity index (χ1v) is 13.8. The molecule has 1 aromatic carbocycles. The minimum atomic E-state index is -1.06. The van der Waals surface area contributed by atoms with E-state index >= 15 is 4.39 Å². The Morgan fingerprint density at radius 1 is 1.51 bits per heavy atom. The number of benzene rings is 1. The van der Waals surface area contributed by atoms with Crippen LogP contribution in [-0.2, 0) is 4.74 Å². The van der Waals surface area contributed by atoms with Gasteiger partial charge in [0, 0.05) is 33.1 Å². The van der Waals surface area contributed by atoms with Crippen molar-refractivity contribution in [3.05, 3.63) is 38.0 Å². The Bertz CT molecular complexity index is 1370. The van der Waals surface area contributed by atoms with Gasteiger partial charge in [0.25, 0.3) is 0 Å². The van der Waals surface area contributed by atoms with Gasteiger partial charge in [0.15, 0.2) is 11.6 Å². The predicted molar refractivity (Wildman–Crippen MR) is 140 cm³/mol. The van der Waals surface area contributed by atoms with Crippen molar-refractivity contribution >= 4 is 39.4 Å². The van der Waals surface area contributed by atoms with Gasteiger partial charge in [-0.1, -0.05) is 11.6 Å². The molecule has 2 saturated heterocycles. The van der Waals surface area contributed by atoms with E-state index in [9.17, 15) is 19.6 Å². The van der Waals surface area contributed by atoms with Gasteiger partial charge in [-0.15, -0.1) is 0 Å². The van der Waals surface area contributed by atoms with Gasteiger partial charge in [-0.2, -0.15) is 5.26 Å². The van der Waals surface area contributed by atoms with Crippen molar-refractivity contribution in [1.29, 1.82) is 5.26 Å². The molecule has 0 spiro atoms. The number of amides is 1. The lowest BCUT2D eigenvalue weighted by Gasteiger charge is -2.33. The lowest BCUT2D eigenvalue weighted by Crippen LogP contribution is -2.47. The molecule has 5 rings (SSSR count). The Morgan fingerprint density at radius 2 is 2.31 bits per heavy atom. The predicted octanol–water partition coefficient (Wildman–Crippen LogP) is 2.81. The van der Waals surface area contributed by atoms with Crippen LogP contribution in [0.3, 0.4) is 0 Å². The van der Waals surface area contributed by atoms with Crippen LogP contribution in [0.1, 0.15) is 25.7 Å². The van der Waals surface area contributed by atoms with Crippen LogP contribution in [-0.4, -0.2) is 95.6 Å². The third kappa shape index (κ3) is 5.10. The summed E-state index contributed by atoms with van der Waals surface area (Å²) in [6, 6.07) is 2.11. The summed E-state index contributed by atoms with van der Waals surface area (Å²) in [5, 5.41) is 19.4. The molecule has 1 aromatic rings. The number of hydrogen-bond acceptors (Lipinski definition) is 8. The standard InChI is InChI=1S/C25H28BrClF2N6O4/c1-32(24(36)37)6-3-7-33-12-16(38-13-25-4-2-8-35(25)11-15(28)10-25)39-22-17-21(19(27)18(26)20(22)29)31-14-34(9-5-30)23(17)33/h12,15H,2-4,6-11,13-14H2,1H3,(H,36,37)/t15-,25+/m1/s1. The fourth-order valence-corrected chi connectivity index (χ4v) is 6.38. The molecule has 0 aliphatic carbocycles. The highest BCUT2D eigenvalue weighted by molar-refractivity contribution is 9.10. The molecular weight excluding hydrogens is 602 g/mol. The number of carboxylic acid groups (broad SMARTS) is 1. The van der Waals surface area contributed by atoms with Gasteiger partial charge in [0.05, 0.1) is 37.9 Å². The Balaban J connectivity index is 1.56. The number of ether oxygens (including phenoxy) is 2. The summed E-state index contributed by atoms with van der Waals surface area (Å²) in [5.41, 5.74) is -0.458. The number of nitriles is 1. The van der Waals surface area contributed by atoms with E-state index in [1.165, 1.54) is 7.05 Å². The number of carbonyl (C=O) groups is 1. The number of rotatable bonds is 8. The zero-order valence-corrected chi connectivity index (χ0v) is 23.6. The zero-order chi connectivity index (χ0) is 27.9. The minimum Gasteiger partial charge on any atom is -0.465 e. The highest BCUT2D eigenvalue weighted by atomic mass is 79.9. The van der Waals surface area contributed by atoms with Gasteiger partial charge in [-0.3, -0.25) is 9.89 Å². The van der Waals surface area contributed by atoms with Crippen LogP contribution in [0.25, 0.3) is 5.82 Å². The van der Waals surface area contributed by atoms with E-state index in [1.54, 1.807) is 16.0 Å². The lowest BCUT2D eigenvalue weighted by molar-refractivity contribution is 0.0255. The molecule has 4 aliphatic heterocycles. The molecule has 1 amide bonds. The average Bonchev–Trinajstić information content (AvgIpc) is 3.36. The molecule has 10 nitrogen and oxygen atoms in total. The van der Waals surface area contributed by atoms with E-state index in [0.717, 1.165) is 24.3 Å². The summed E-state index contributed by atoms with van der Waals surface area (Å²) >= 11 is 9.69. The molecule has 0 saturated carbocycles. The topological polar surface area (TPSA) is 105 Å². The Morgan fingerprint density at radius 3 is 3.05 bits per heavy atom. The molecule has 39 heavy (non-hydrogen) atoms. The van der Waals surface area contributed by atoms with Gasteiger partial charge in [-0.25, -0.2) is 13.6 Å². The number of fused-ring (bicyclic) bond motifs is 1. The molecule has 14 heteroatoms. The average molecular weight is 630 g/mol. The van der Waals surface area contributed by atoms with E-state index in [2.05, 4.69) is 31.9 Å². The second kappa shape index (κ2) is 11.0. The first-order valence-electron chi connectivity index (χ1n) is 12.6. The smallest absolute Gasteiger partial charge is 0.407 e. The second-order valence-electron chi connectivity index (χ2n) is 10.1. The molecule has 0 aromatic heterocycles. The van der Waals surface area contributed by atoms with Crippen molar-refractivity contribution in [3.8, 4) is 11.8 Å². The van der Waals surface area contributed by atoms with Gasteiger partial charge in [0.2, 0.25) is 0 Å². The summed E-state index contributed by atoms with van der Waals surface area (Å²) in [4.78, 5) is 22.5. The van der Waals surface area contributed by atoms with Crippen LogP contribution >= 0.6 is 27.5 Å².